The molecule has 4 N–H and O–H groups in total. The van der Waals surface area contributed by atoms with Crippen molar-refractivity contribution in [2.45, 2.75) is 52.2 Å². The number of nitrogens with zero attached hydrogens (tertiary/aromatic N) is 4. The quantitative estimate of drug-likeness (QED) is 0.209. The van der Waals surface area contributed by atoms with Gasteiger partial charge in [0.05, 0.1) is 32.3 Å². The van der Waals surface area contributed by atoms with E-state index in [4.69, 9.17) is 29.0 Å². The number of aliphatic hydroxyl groups is 1. The number of hydrogen-bond acceptors (Lipinski definition) is 12. The summed E-state index contributed by atoms with van der Waals surface area (Å²) in [7, 11) is -4.27. The van der Waals surface area contributed by atoms with Crippen LogP contribution in [0.4, 0.5) is 10.3 Å². The van der Waals surface area contributed by atoms with Gasteiger partial charge in [0.2, 0.25) is 11.8 Å². The molecule has 0 amide bonds. The van der Waals surface area contributed by atoms with Gasteiger partial charge in [-0.3, -0.25) is 13.9 Å². The summed E-state index contributed by atoms with van der Waals surface area (Å²) < 4.78 is 56.4. The Balaban J connectivity index is 1.53. The van der Waals surface area contributed by atoms with E-state index >= 15 is 0 Å². The van der Waals surface area contributed by atoms with E-state index in [2.05, 4.69) is 20.0 Å². The number of imidazole rings is 1. The van der Waals surface area contributed by atoms with E-state index in [-0.39, 0.29) is 24.2 Å². The van der Waals surface area contributed by atoms with Gasteiger partial charge >= 0.3 is 13.7 Å². The maximum absolute atomic E-state index is 13.7. The Bertz CT molecular complexity index is 1380. The summed E-state index contributed by atoms with van der Waals surface area (Å²) in [5, 5.41) is 13.5. The molecular formula is C24H32FN6O8P. The second-order valence-electron chi connectivity index (χ2n) is 9.00. The number of benzene rings is 1. The largest absolute Gasteiger partial charge is 0.476 e. The Labute approximate surface area is 229 Å². The van der Waals surface area contributed by atoms with Crippen LogP contribution in [-0.2, 0) is 23.4 Å². The summed E-state index contributed by atoms with van der Waals surface area (Å²) in [6.07, 6.45) is -1.30. The van der Waals surface area contributed by atoms with Gasteiger partial charge in [0.1, 0.15) is 29.9 Å². The fraction of sp³-hybridized carbons (Fsp3) is 0.500. The monoisotopic (exact) mass is 582 g/mol. The standard InChI is InChI=1S/C24H32FN6O8P/c1-5-35-21-18-20(28-24(26)29-21)31(12-27-18)22-13(3)19(32)17(38-22)11-37-40(34,30-14(4)23(33)36-6-2)39-16-9-7-15(25)8-10-16/h7-10,12-14,17,19,22,32H,5-6,11H2,1-4H3,(H,30,34)(H2,26,28,29)/t13-,14-,17+,19-,22+,40?/m0/s1. The van der Waals surface area contributed by atoms with E-state index < -0.39 is 56.5 Å². The van der Waals surface area contributed by atoms with Crippen molar-refractivity contribution in [1.29, 1.82) is 0 Å². The average Bonchev–Trinajstić information content (AvgIpc) is 3.45. The van der Waals surface area contributed by atoms with Crippen LogP contribution in [0.2, 0.25) is 0 Å². The lowest BCUT2D eigenvalue weighted by atomic mass is 10.0. The minimum absolute atomic E-state index is 0.0237. The summed E-state index contributed by atoms with van der Waals surface area (Å²) >= 11 is 0. The summed E-state index contributed by atoms with van der Waals surface area (Å²) in [6, 6.07) is 3.68. The fourth-order valence-corrected chi connectivity index (χ4v) is 5.63. The van der Waals surface area contributed by atoms with Gasteiger partial charge in [0.15, 0.2) is 11.2 Å². The van der Waals surface area contributed by atoms with E-state index in [1.807, 2.05) is 0 Å². The Hall–Kier alpha value is -3.36. The van der Waals surface area contributed by atoms with Crippen LogP contribution >= 0.6 is 7.75 Å². The highest BCUT2D eigenvalue weighted by Gasteiger charge is 2.44. The normalized spacial score (nSPS) is 23.1. The smallest absolute Gasteiger partial charge is 0.459 e. The number of esters is 1. The van der Waals surface area contributed by atoms with Crippen LogP contribution in [0.25, 0.3) is 11.2 Å². The van der Waals surface area contributed by atoms with Gasteiger partial charge in [-0.25, -0.2) is 13.9 Å². The first-order chi connectivity index (χ1) is 19.0. The van der Waals surface area contributed by atoms with Crippen molar-refractivity contribution in [3.63, 3.8) is 0 Å². The van der Waals surface area contributed by atoms with Crippen LogP contribution in [-0.4, -0.2) is 68.7 Å². The number of carbonyl (C=O) groups is 1. The number of nitrogens with two attached hydrogens (primary N) is 1. The first kappa shape index (κ1) is 29.6. The molecule has 0 aliphatic carbocycles. The number of nitrogens with one attached hydrogen (secondary N) is 1. The lowest BCUT2D eigenvalue weighted by molar-refractivity contribution is -0.144. The number of rotatable bonds is 12. The maximum atomic E-state index is 13.7. The number of fused-ring (bicyclic) bond motifs is 1. The van der Waals surface area contributed by atoms with Crippen LogP contribution in [0, 0.1) is 11.7 Å². The molecule has 1 unspecified atom stereocenters. The van der Waals surface area contributed by atoms with Crippen LogP contribution in [0.5, 0.6) is 11.6 Å². The molecule has 0 spiro atoms. The molecule has 0 bridgehead atoms. The number of nitrogen functional groups attached to an aromatic ring is 1. The van der Waals surface area contributed by atoms with Gasteiger partial charge in [-0.1, -0.05) is 6.92 Å². The van der Waals surface area contributed by atoms with Gasteiger partial charge in [0, 0.05) is 5.92 Å². The number of carbonyl (C=O) groups excluding carboxylic acids is 1. The summed E-state index contributed by atoms with van der Waals surface area (Å²) in [6.45, 7) is 6.67. The summed E-state index contributed by atoms with van der Waals surface area (Å²) in [4.78, 5) is 24.8. The van der Waals surface area contributed by atoms with Crippen molar-refractivity contribution in [3.05, 3.63) is 36.4 Å². The minimum Gasteiger partial charge on any atom is -0.476 e. The van der Waals surface area contributed by atoms with Gasteiger partial charge in [-0.2, -0.15) is 15.1 Å². The average molecular weight is 583 g/mol. The molecule has 4 rings (SSSR count). The lowest BCUT2D eigenvalue weighted by Crippen LogP contribution is -2.36. The molecule has 1 aromatic carbocycles. The molecule has 1 aliphatic heterocycles. The molecule has 1 saturated heterocycles. The zero-order valence-electron chi connectivity index (χ0n) is 22.4. The van der Waals surface area contributed by atoms with Crippen LogP contribution in [0.1, 0.15) is 33.9 Å². The predicted octanol–water partition coefficient (Wildman–Crippen LogP) is 2.59. The van der Waals surface area contributed by atoms with Crippen molar-refractivity contribution in [1.82, 2.24) is 24.6 Å². The number of halogens is 1. The van der Waals surface area contributed by atoms with Crippen LogP contribution in [0.15, 0.2) is 30.6 Å². The SMILES string of the molecule is CCOC(=O)[C@H](C)NP(=O)(OC[C@H]1O[C@@H](n2cnc3c(OCC)nc(N)nc32)[C@@H](C)[C@@H]1O)Oc1ccc(F)cc1. The molecule has 0 saturated carbocycles. The van der Waals surface area contributed by atoms with E-state index in [0.717, 1.165) is 12.1 Å². The molecule has 2 aromatic heterocycles. The molecule has 14 nitrogen and oxygen atoms in total. The topological polar surface area (TPSA) is 182 Å². The van der Waals surface area contributed by atoms with Crippen molar-refractivity contribution in [3.8, 4) is 11.6 Å². The van der Waals surface area contributed by atoms with E-state index in [1.165, 1.54) is 25.4 Å². The first-order valence-electron chi connectivity index (χ1n) is 12.7. The van der Waals surface area contributed by atoms with Crippen molar-refractivity contribution >= 4 is 30.8 Å². The number of ether oxygens (including phenoxy) is 3. The van der Waals surface area contributed by atoms with Crippen molar-refractivity contribution in [2.24, 2.45) is 5.92 Å². The molecule has 40 heavy (non-hydrogen) atoms. The fourth-order valence-electron chi connectivity index (χ4n) is 4.13. The molecule has 1 fully saturated rings. The Morgan fingerprint density at radius 3 is 2.67 bits per heavy atom. The van der Waals surface area contributed by atoms with E-state index in [9.17, 15) is 18.9 Å². The highest BCUT2D eigenvalue weighted by Crippen LogP contribution is 2.46. The minimum atomic E-state index is -4.27. The summed E-state index contributed by atoms with van der Waals surface area (Å²) in [5.41, 5.74) is 6.57. The highest BCUT2D eigenvalue weighted by atomic mass is 31.2. The van der Waals surface area contributed by atoms with Crippen molar-refractivity contribution < 1.29 is 42.1 Å². The molecule has 218 valence electrons. The predicted molar refractivity (Wildman–Crippen MR) is 140 cm³/mol. The lowest BCUT2D eigenvalue weighted by Gasteiger charge is -2.24. The number of anilines is 1. The van der Waals surface area contributed by atoms with Gasteiger partial charge < -0.3 is 29.6 Å². The molecular weight excluding hydrogens is 550 g/mol. The maximum Gasteiger partial charge on any atom is 0.459 e. The molecule has 1 aliphatic rings. The highest BCUT2D eigenvalue weighted by molar-refractivity contribution is 7.52. The number of hydrogen-bond donors (Lipinski definition) is 3. The van der Waals surface area contributed by atoms with Crippen molar-refractivity contribution in [2.75, 3.05) is 25.6 Å². The van der Waals surface area contributed by atoms with Gasteiger partial charge in [-0.05, 0) is 45.0 Å². The molecule has 3 heterocycles. The van der Waals surface area contributed by atoms with Gasteiger partial charge in [0.25, 0.3) is 0 Å². The van der Waals surface area contributed by atoms with Crippen LogP contribution < -0.4 is 20.1 Å². The van der Waals surface area contributed by atoms with E-state index in [0.29, 0.717) is 17.8 Å². The molecule has 0 radical (unpaired) electrons. The zero-order valence-corrected chi connectivity index (χ0v) is 23.3. The second-order valence-corrected chi connectivity index (χ2v) is 10.7. The number of aromatic nitrogens is 4. The van der Waals surface area contributed by atoms with E-state index in [1.54, 1.807) is 25.3 Å². The van der Waals surface area contributed by atoms with Gasteiger partial charge in [-0.15, -0.1) is 0 Å². The second kappa shape index (κ2) is 12.4. The molecule has 6 atom stereocenters. The Morgan fingerprint density at radius 2 is 2.00 bits per heavy atom. The Morgan fingerprint density at radius 1 is 1.27 bits per heavy atom. The molecule has 16 heteroatoms. The number of aliphatic hydroxyl groups excluding tert-OH is 1. The first-order valence-corrected chi connectivity index (χ1v) is 14.2. The third-order valence-electron chi connectivity index (χ3n) is 6.09. The third-order valence-corrected chi connectivity index (χ3v) is 7.73. The zero-order chi connectivity index (χ0) is 29.0. The third kappa shape index (κ3) is 6.50. The Kier molecular flexibility index (Phi) is 9.21. The summed E-state index contributed by atoms with van der Waals surface area (Å²) in [5.74, 6) is -1.47. The van der Waals surface area contributed by atoms with Crippen LogP contribution in [0.3, 0.4) is 0 Å². The molecule has 3 aromatic rings.